The first-order valence-corrected chi connectivity index (χ1v) is 15.0. The maximum atomic E-state index is 13.3. The Morgan fingerprint density at radius 3 is 1.47 bits per heavy atom. The molecule has 0 bridgehead atoms. The van der Waals surface area contributed by atoms with Gasteiger partial charge in [-0.1, -0.05) is 67.5 Å². The van der Waals surface area contributed by atoms with Gasteiger partial charge in [0.1, 0.15) is 5.29 Å². The molecule has 0 fully saturated rings. The summed E-state index contributed by atoms with van der Waals surface area (Å²) in [6.45, 7) is 13.1. The van der Waals surface area contributed by atoms with E-state index in [0.29, 0.717) is 17.0 Å². The summed E-state index contributed by atoms with van der Waals surface area (Å²) in [4.78, 5) is 0. The third-order valence-corrected chi connectivity index (χ3v) is 13.1. The van der Waals surface area contributed by atoms with Crippen molar-refractivity contribution in [3.05, 3.63) is 71.8 Å². The standard InChI is InChI=1S/C30H33F6P2/c1-8-25(38(27(2,3)4)28(5,6)7)24-10-9-11-26(24)37(22-16-12-20(13-17-22)29(31,32)33)23-18-14-21(15-19-23)30(34,35)36/h1,9-10,12-19,24-25H,11H2,2-7H3/q+1. The number of hydrogen-bond acceptors (Lipinski definition) is 0. The van der Waals surface area contributed by atoms with Crippen LogP contribution in [0.1, 0.15) is 59.1 Å². The number of benzene rings is 2. The van der Waals surface area contributed by atoms with Gasteiger partial charge in [-0.3, -0.25) is 0 Å². The monoisotopic (exact) mass is 569 g/mol. The quantitative estimate of drug-likeness (QED) is 0.149. The molecule has 2 atom stereocenters. The van der Waals surface area contributed by atoms with Crippen molar-refractivity contribution in [2.75, 3.05) is 0 Å². The summed E-state index contributed by atoms with van der Waals surface area (Å²) >= 11 is 0. The van der Waals surface area contributed by atoms with E-state index in [4.69, 9.17) is 6.42 Å². The number of alkyl halides is 6. The molecule has 0 N–H and O–H groups in total. The highest BCUT2D eigenvalue weighted by Crippen LogP contribution is 2.64. The van der Waals surface area contributed by atoms with Crippen molar-refractivity contribution in [3.63, 3.8) is 0 Å². The molecule has 1 aliphatic carbocycles. The number of halogens is 6. The Bertz CT molecular complexity index is 1160. The van der Waals surface area contributed by atoms with Gasteiger partial charge < -0.3 is 0 Å². The van der Waals surface area contributed by atoms with E-state index in [1.807, 2.05) is 6.08 Å². The molecule has 0 radical (unpaired) electrons. The van der Waals surface area contributed by atoms with E-state index < -0.39 is 38.9 Å². The second kappa shape index (κ2) is 10.8. The highest BCUT2D eigenvalue weighted by Gasteiger charge is 2.46. The lowest BCUT2D eigenvalue weighted by molar-refractivity contribution is -0.138. The molecule has 0 spiro atoms. The Hall–Kier alpha value is -2.08. The molecule has 0 nitrogen and oxygen atoms in total. The van der Waals surface area contributed by atoms with Gasteiger partial charge in [-0.15, -0.1) is 6.42 Å². The average Bonchev–Trinajstić information content (AvgIpc) is 3.24. The largest absolute Gasteiger partial charge is 0.416 e. The zero-order valence-corrected chi connectivity index (χ0v) is 24.2. The summed E-state index contributed by atoms with van der Waals surface area (Å²) < 4.78 is 79.7. The lowest BCUT2D eigenvalue weighted by Crippen LogP contribution is -2.36. The van der Waals surface area contributed by atoms with Crippen molar-refractivity contribution < 1.29 is 26.3 Å². The molecular formula is C30H33F6P2+. The van der Waals surface area contributed by atoms with Gasteiger partial charge in [0, 0.05) is 6.42 Å². The second-order valence-corrected chi connectivity index (χ2v) is 17.7. The predicted molar refractivity (Wildman–Crippen MR) is 150 cm³/mol. The summed E-state index contributed by atoms with van der Waals surface area (Å²) in [6.07, 6.45) is 1.94. The fourth-order valence-electron chi connectivity index (χ4n) is 5.37. The molecule has 2 aromatic rings. The Morgan fingerprint density at radius 2 is 1.16 bits per heavy atom. The van der Waals surface area contributed by atoms with Crippen LogP contribution in [0.4, 0.5) is 26.3 Å². The second-order valence-electron chi connectivity index (χ2n) is 11.4. The summed E-state index contributed by atoms with van der Waals surface area (Å²) in [5.74, 6) is 2.95. The fourth-order valence-corrected chi connectivity index (χ4v) is 12.6. The SMILES string of the molecule is C#CC(C1C=CCC1=[P+](c1ccc(C(F)(F)F)cc1)c1ccc(C(F)(F)F)cc1)P(C(C)(C)C)C(C)(C)C. The van der Waals surface area contributed by atoms with Crippen molar-refractivity contribution >= 4 is 31.4 Å². The molecule has 0 saturated heterocycles. The van der Waals surface area contributed by atoms with E-state index in [-0.39, 0.29) is 21.9 Å². The molecule has 2 unspecified atom stereocenters. The van der Waals surface area contributed by atoms with Crippen LogP contribution in [-0.4, -0.2) is 21.3 Å². The summed E-state index contributed by atoms with van der Waals surface area (Å²) in [6, 6.07) is 9.99. The van der Waals surface area contributed by atoms with E-state index in [0.717, 1.165) is 29.6 Å². The zero-order chi connectivity index (χ0) is 28.7. The lowest BCUT2D eigenvalue weighted by atomic mass is 10.1. The number of terminal acetylenes is 1. The van der Waals surface area contributed by atoms with Crippen LogP contribution < -0.4 is 10.6 Å². The fraction of sp³-hybridized carbons (Fsp3) is 0.433. The van der Waals surface area contributed by atoms with Crippen molar-refractivity contribution in [2.45, 2.75) is 76.3 Å². The van der Waals surface area contributed by atoms with E-state index in [9.17, 15) is 26.3 Å². The van der Waals surface area contributed by atoms with Gasteiger partial charge in [-0.2, -0.15) is 26.3 Å². The van der Waals surface area contributed by atoms with Crippen LogP contribution in [0.5, 0.6) is 0 Å². The molecule has 0 aliphatic heterocycles. The van der Waals surface area contributed by atoms with Crippen LogP contribution in [0.2, 0.25) is 0 Å². The van der Waals surface area contributed by atoms with E-state index in [1.165, 1.54) is 24.3 Å². The number of hydrogen-bond donors (Lipinski definition) is 0. The summed E-state index contributed by atoms with van der Waals surface area (Å²) in [7, 11) is -2.13. The zero-order valence-electron chi connectivity index (χ0n) is 22.4. The molecule has 0 aromatic heterocycles. The molecule has 0 amide bonds. The van der Waals surface area contributed by atoms with E-state index >= 15 is 0 Å². The first kappa shape index (κ1) is 30.5. The van der Waals surface area contributed by atoms with E-state index in [1.54, 1.807) is 0 Å². The van der Waals surface area contributed by atoms with Crippen molar-refractivity contribution in [1.29, 1.82) is 0 Å². The molecule has 38 heavy (non-hydrogen) atoms. The van der Waals surface area contributed by atoms with Gasteiger partial charge in [0.05, 0.1) is 22.7 Å². The van der Waals surface area contributed by atoms with Crippen molar-refractivity contribution in [1.82, 2.24) is 0 Å². The minimum atomic E-state index is -4.48. The van der Waals surface area contributed by atoms with Crippen molar-refractivity contribution in [2.24, 2.45) is 5.92 Å². The van der Waals surface area contributed by atoms with Gasteiger partial charge in [-0.25, -0.2) is 0 Å². The summed E-state index contributed by atoms with van der Waals surface area (Å²) in [5.41, 5.74) is -1.66. The number of rotatable bonds is 4. The lowest BCUT2D eigenvalue weighted by Gasteiger charge is -2.46. The van der Waals surface area contributed by atoms with Crippen LogP contribution in [0, 0.1) is 18.3 Å². The average molecular weight is 570 g/mol. The van der Waals surface area contributed by atoms with Crippen LogP contribution in [0.25, 0.3) is 0 Å². The predicted octanol–water partition coefficient (Wildman–Crippen LogP) is 8.99. The Labute approximate surface area is 224 Å². The minimum Gasteiger partial charge on any atom is -0.166 e. The first-order chi connectivity index (χ1) is 17.4. The van der Waals surface area contributed by atoms with Crippen LogP contribution in [0.15, 0.2) is 60.7 Å². The first-order valence-electron chi connectivity index (χ1n) is 12.3. The van der Waals surface area contributed by atoms with Gasteiger partial charge in [0.15, 0.2) is 18.2 Å². The maximum absolute atomic E-state index is 13.3. The molecule has 8 heteroatoms. The smallest absolute Gasteiger partial charge is 0.166 e. The molecule has 3 rings (SSSR count). The molecule has 204 valence electrons. The highest BCUT2D eigenvalue weighted by molar-refractivity contribution is 7.73. The van der Waals surface area contributed by atoms with Crippen molar-refractivity contribution in [3.8, 4) is 12.3 Å². The summed E-state index contributed by atoms with van der Waals surface area (Å²) in [5, 5.41) is 2.23. The van der Waals surface area contributed by atoms with E-state index in [2.05, 4.69) is 53.5 Å². The third-order valence-electron chi connectivity index (χ3n) is 6.48. The Balaban J connectivity index is 2.25. The van der Waals surface area contributed by atoms with Gasteiger partial charge in [0.2, 0.25) is 0 Å². The van der Waals surface area contributed by atoms with Crippen LogP contribution in [0.3, 0.4) is 0 Å². The molecule has 0 saturated carbocycles. The normalized spacial score (nSPS) is 17.6. The maximum Gasteiger partial charge on any atom is 0.416 e. The topological polar surface area (TPSA) is 0 Å². The van der Waals surface area contributed by atoms with Gasteiger partial charge in [0.25, 0.3) is 0 Å². The molecule has 2 aromatic carbocycles. The van der Waals surface area contributed by atoms with Crippen LogP contribution in [-0.2, 0) is 12.4 Å². The van der Waals surface area contributed by atoms with Crippen LogP contribution >= 0.6 is 15.5 Å². The Kier molecular flexibility index (Phi) is 8.68. The highest BCUT2D eigenvalue weighted by atomic mass is 31.1. The molecular weight excluding hydrogens is 536 g/mol. The van der Waals surface area contributed by atoms with Gasteiger partial charge in [-0.05, 0) is 58.8 Å². The molecule has 0 heterocycles. The number of allylic oxidation sites excluding steroid dienone is 2. The Morgan fingerprint density at radius 1 is 0.763 bits per heavy atom. The van der Waals surface area contributed by atoms with Gasteiger partial charge >= 0.3 is 12.4 Å². The third kappa shape index (κ3) is 6.73. The minimum absolute atomic E-state index is 0.0718. The molecule has 1 aliphatic rings.